The van der Waals surface area contributed by atoms with Gasteiger partial charge in [-0.05, 0) is 23.8 Å². The molecule has 1 aromatic heterocycles. The highest BCUT2D eigenvalue weighted by Gasteiger charge is 2.10. The molecule has 5 heteroatoms. The lowest BCUT2D eigenvalue weighted by molar-refractivity contribution is -0.0498. The minimum atomic E-state index is -2.82. The van der Waals surface area contributed by atoms with Crippen molar-refractivity contribution in [3.8, 4) is 5.75 Å². The standard InChI is InChI=1S/C12H11F2NO2/c13-12(14)17-10-3-1-8(2-4-10)11(15)9-5-6-16-7-9/h1-7,11-12H,15H2. The summed E-state index contributed by atoms with van der Waals surface area (Å²) in [6, 6.07) is 7.64. The van der Waals surface area contributed by atoms with Crippen molar-refractivity contribution in [2.24, 2.45) is 5.73 Å². The number of nitrogens with two attached hydrogens (primary N) is 1. The smallest absolute Gasteiger partial charge is 0.387 e. The molecular weight excluding hydrogens is 228 g/mol. The molecule has 2 rings (SSSR count). The number of halogens is 2. The SMILES string of the molecule is NC(c1ccc(OC(F)F)cc1)c1ccoc1. The number of furan rings is 1. The third-order valence-corrected chi connectivity index (χ3v) is 2.37. The Bertz CT molecular complexity index is 454. The molecule has 0 aliphatic carbocycles. The Labute approximate surface area is 96.8 Å². The Morgan fingerprint density at radius 3 is 2.29 bits per heavy atom. The lowest BCUT2D eigenvalue weighted by atomic mass is 10.0. The van der Waals surface area contributed by atoms with Gasteiger partial charge in [-0.15, -0.1) is 0 Å². The van der Waals surface area contributed by atoms with Crippen LogP contribution in [0.2, 0.25) is 0 Å². The van der Waals surface area contributed by atoms with Crippen LogP contribution in [0.15, 0.2) is 47.3 Å². The van der Waals surface area contributed by atoms with Gasteiger partial charge in [0.15, 0.2) is 0 Å². The van der Waals surface area contributed by atoms with Gasteiger partial charge in [0.05, 0.1) is 18.6 Å². The topological polar surface area (TPSA) is 48.4 Å². The molecule has 2 N–H and O–H groups in total. The van der Waals surface area contributed by atoms with Gasteiger partial charge in [0.2, 0.25) is 0 Å². The van der Waals surface area contributed by atoms with E-state index in [4.69, 9.17) is 10.2 Å². The summed E-state index contributed by atoms with van der Waals surface area (Å²) < 4.78 is 33.1. The summed E-state index contributed by atoms with van der Waals surface area (Å²) in [5.74, 6) is 0.114. The van der Waals surface area contributed by atoms with Crippen LogP contribution >= 0.6 is 0 Å². The van der Waals surface area contributed by atoms with Gasteiger partial charge < -0.3 is 14.9 Å². The number of hydrogen-bond acceptors (Lipinski definition) is 3. The summed E-state index contributed by atoms with van der Waals surface area (Å²) in [5.41, 5.74) is 7.59. The van der Waals surface area contributed by atoms with E-state index >= 15 is 0 Å². The van der Waals surface area contributed by atoms with Gasteiger partial charge in [0.25, 0.3) is 0 Å². The molecule has 0 saturated heterocycles. The van der Waals surface area contributed by atoms with Crippen LogP contribution in [0.5, 0.6) is 5.75 Å². The van der Waals surface area contributed by atoms with Crippen LogP contribution in [0, 0.1) is 0 Å². The average Bonchev–Trinajstić information content (AvgIpc) is 2.82. The largest absolute Gasteiger partial charge is 0.472 e. The van der Waals surface area contributed by atoms with Gasteiger partial charge in [-0.1, -0.05) is 12.1 Å². The molecule has 17 heavy (non-hydrogen) atoms. The fourth-order valence-corrected chi connectivity index (χ4v) is 1.50. The fourth-order valence-electron chi connectivity index (χ4n) is 1.50. The van der Waals surface area contributed by atoms with Crippen molar-refractivity contribution < 1.29 is 17.9 Å². The lowest BCUT2D eigenvalue weighted by Crippen LogP contribution is -2.10. The maximum atomic E-state index is 11.9. The molecule has 0 aliphatic heterocycles. The minimum Gasteiger partial charge on any atom is -0.472 e. The zero-order valence-electron chi connectivity index (χ0n) is 8.85. The summed E-state index contributed by atoms with van der Waals surface area (Å²) in [6.45, 7) is -2.82. The first-order chi connectivity index (χ1) is 8.16. The molecule has 0 fully saturated rings. The molecule has 0 spiro atoms. The number of benzene rings is 1. The maximum Gasteiger partial charge on any atom is 0.387 e. The Kier molecular flexibility index (Phi) is 3.39. The van der Waals surface area contributed by atoms with E-state index in [0.717, 1.165) is 11.1 Å². The molecule has 0 amide bonds. The lowest BCUT2D eigenvalue weighted by Gasteiger charge is -2.10. The molecule has 1 atom stereocenters. The van der Waals surface area contributed by atoms with Gasteiger partial charge in [0, 0.05) is 5.56 Å². The van der Waals surface area contributed by atoms with Crippen molar-refractivity contribution in [2.45, 2.75) is 12.7 Å². The zero-order valence-corrected chi connectivity index (χ0v) is 8.85. The molecular formula is C12H11F2NO2. The van der Waals surface area contributed by atoms with Gasteiger partial charge in [0.1, 0.15) is 5.75 Å². The molecule has 1 heterocycles. The normalized spacial score (nSPS) is 12.7. The van der Waals surface area contributed by atoms with Crippen LogP contribution in [-0.2, 0) is 0 Å². The Morgan fingerprint density at radius 2 is 1.76 bits per heavy atom. The minimum absolute atomic E-state index is 0.114. The predicted molar refractivity (Wildman–Crippen MR) is 57.8 cm³/mol. The molecule has 1 unspecified atom stereocenters. The summed E-state index contributed by atoms with van der Waals surface area (Å²) >= 11 is 0. The van der Waals surface area contributed by atoms with E-state index in [9.17, 15) is 8.78 Å². The predicted octanol–water partition coefficient (Wildman–Crippen LogP) is 2.93. The molecule has 0 saturated carbocycles. The third-order valence-electron chi connectivity index (χ3n) is 2.37. The fraction of sp³-hybridized carbons (Fsp3) is 0.167. The summed E-state index contributed by atoms with van der Waals surface area (Å²) in [4.78, 5) is 0. The van der Waals surface area contributed by atoms with E-state index in [2.05, 4.69) is 4.74 Å². The van der Waals surface area contributed by atoms with Crippen molar-refractivity contribution in [2.75, 3.05) is 0 Å². The molecule has 90 valence electrons. The first kappa shape index (κ1) is 11.6. The molecule has 2 aromatic rings. The van der Waals surface area contributed by atoms with Crippen molar-refractivity contribution in [1.29, 1.82) is 0 Å². The first-order valence-electron chi connectivity index (χ1n) is 4.99. The number of rotatable bonds is 4. The van der Waals surface area contributed by atoms with E-state index in [0.29, 0.717) is 0 Å². The van der Waals surface area contributed by atoms with Crippen molar-refractivity contribution in [1.82, 2.24) is 0 Å². The second kappa shape index (κ2) is 4.97. The number of ether oxygens (including phenoxy) is 1. The van der Waals surface area contributed by atoms with Crippen LogP contribution in [0.1, 0.15) is 17.2 Å². The van der Waals surface area contributed by atoms with Crippen molar-refractivity contribution >= 4 is 0 Å². The van der Waals surface area contributed by atoms with E-state index in [1.807, 2.05) is 0 Å². The van der Waals surface area contributed by atoms with Crippen molar-refractivity contribution in [3.63, 3.8) is 0 Å². The maximum absolute atomic E-state index is 11.9. The third kappa shape index (κ3) is 2.82. The number of alkyl halides is 2. The monoisotopic (exact) mass is 239 g/mol. The zero-order chi connectivity index (χ0) is 12.3. The van der Waals surface area contributed by atoms with Crippen LogP contribution in [-0.4, -0.2) is 6.61 Å². The quantitative estimate of drug-likeness (QED) is 0.892. The molecule has 0 bridgehead atoms. The highest BCUT2D eigenvalue weighted by Crippen LogP contribution is 2.22. The summed E-state index contributed by atoms with van der Waals surface area (Å²) in [5, 5.41) is 0. The van der Waals surface area contributed by atoms with E-state index < -0.39 is 6.61 Å². The molecule has 0 radical (unpaired) electrons. The summed E-state index contributed by atoms with van der Waals surface area (Å²) in [6.07, 6.45) is 3.08. The second-order valence-corrected chi connectivity index (χ2v) is 3.48. The molecule has 3 nitrogen and oxygen atoms in total. The Balaban J connectivity index is 2.12. The van der Waals surface area contributed by atoms with Crippen LogP contribution in [0.4, 0.5) is 8.78 Å². The van der Waals surface area contributed by atoms with Gasteiger partial charge in [-0.25, -0.2) is 0 Å². The average molecular weight is 239 g/mol. The van der Waals surface area contributed by atoms with Crippen molar-refractivity contribution in [3.05, 3.63) is 54.0 Å². The molecule has 1 aromatic carbocycles. The Hall–Kier alpha value is -1.88. The van der Waals surface area contributed by atoms with E-state index in [1.54, 1.807) is 24.5 Å². The van der Waals surface area contributed by atoms with E-state index in [1.165, 1.54) is 18.4 Å². The van der Waals surface area contributed by atoms with Crippen LogP contribution in [0.3, 0.4) is 0 Å². The second-order valence-electron chi connectivity index (χ2n) is 3.48. The first-order valence-corrected chi connectivity index (χ1v) is 4.99. The van der Waals surface area contributed by atoms with E-state index in [-0.39, 0.29) is 11.8 Å². The Morgan fingerprint density at radius 1 is 1.06 bits per heavy atom. The van der Waals surface area contributed by atoms with Crippen LogP contribution < -0.4 is 10.5 Å². The molecule has 0 aliphatic rings. The van der Waals surface area contributed by atoms with Crippen LogP contribution in [0.25, 0.3) is 0 Å². The highest BCUT2D eigenvalue weighted by molar-refractivity contribution is 5.33. The highest BCUT2D eigenvalue weighted by atomic mass is 19.3. The summed E-state index contributed by atoms with van der Waals surface area (Å²) in [7, 11) is 0. The van der Waals surface area contributed by atoms with Gasteiger partial charge in [-0.2, -0.15) is 8.78 Å². The van der Waals surface area contributed by atoms with Gasteiger partial charge in [-0.3, -0.25) is 0 Å². The number of hydrogen-bond donors (Lipinski definition) is 1. The van der Waals surface area contributed by atoms with Gasteiger partial charge >= 0.3 is 6.61 Å².